The highest BCUT2D eigenvalue weighted by molar-refractivity contribution is 5.92. The third-order valence-corrected chi connectivity index (χ3v) is 5.28. The van der Waals surface area contributed by atoms with Crippen LogP contribution in [0.25, 0.3) is 0 Å². The van der Waals surface area contributed by atoms with Crippen LogP contribution in [0.15, 0.2) is 54.6 Å². The lowest BCUT2D eigenvalue weighted by atomic mass is 10.1. The van der Waals surface area contributed by atoms with Crippen LogP contribution >= 0.6 is 0 Å². The minimum atomic E-state index is -0.192. The number of aromatic nitrogens is 2. The minimum absolute atomic E-state index is 0.0972. The predicted molar refractivity (Wildman–Crippen MR) is 105 cm³/mol. The summed E-state index contributed by atoms with van der Waals surface area (Å²) in [4.78, 5) is 12.7. The van der Waals surface area contributed by atoms with E-state index in [-0.39, 0.29) is 24.8 Å². The van der Waals surface area contributed by atoms with Gasteiger partial charge in [-0.1, -0.05) is 36.4 Å². The number of carbonyl (C=O) groups is 1. The van der Waals surface area contributed by atoms with E-state index >= 15 is 0 Å². The van der Waals surface area contributed by atoms with Crippen molar-refractivity contribution in [3.63, 3.8) is 0 Å². The fourth-order valence-corrected chi connectivity index (χ4v) is 3.65. The Hall–Kier alpha value is -3.32. The maximum atomic E-state index is 12.7. The molecule has 2 aliphatic rings. The number of benzene rings is 2. The zero-order valence-corrected chi connectivity index (χ0v) is 16.0. The van der Waals surface area contributed by atoms with E-state index in [0.717, 1.165) is 28.3 Å². The van der Waals surface area contributed by atoms with Gasteiger partial charge in [0.1, 0.15) is 6.10 Å². The lowest BCUT2D eigenvalue weighted by molar-refractivity contribution is -0.00128. The lowest BCUT2D eigenvalue weighted by Crippen LogP contribution is -2.27. The van der Waals surface area contributed by atoms with Gasteiger partial charge in [0.15, 0.2) is 17.2 Å². The third-order valence-electron chi connectivity index (χ3n) is 5.28. The van der Waals surface area contributed by atoms with Crippen LogP contribution in [0.3, 0.4) is 0 Å². The number of ether oxygens (including phenoxy) is 3. The number of rotatable bonds is 4. The number of hydrogen-bond donors (Lipinski definition) is 1. The molecule has 148 valence electrons. The van der Waals surface area contributed by atoms with E-state index in [1.165, 1.54) is 0 Å². The summed E-state index contributed by atoms with van der Waals surface area (Å²) in [6.07, 6.45) is -0.156. The van der Waals surface area contributed by atoms with Crippen molar-refractivity contribution in [3.8, 4) is 11.5 Å². The van der Waals surface area contributed by atoms with E-state index < -0.39 is 0 Å². The highest BCUT2D eigenvalue weighted by atomic mass is 16.7. The van der Waals surface area contributed by atoms with Gasteiger partial charge in [0.25, 0.3) is 5.91 Å². The molecule has 3 heterocycles. The van der Waals surface area contributed by atoms with Crippen LogP contribution < -0.4 is 14.8 Å². The fraction of sp³-hybridized carbons (Fsp3) is 0.273. The zero-order valence-electron chi connectivity index (χ0n) is 16.0. The molecular formula is C22H21N3O4. The molecule has 2 atom stereocenters. The molecule has 0 bridgehead atoms. The van der Waals surface area contributed by atoms with Crippen molar-refractivity contribution >= 4 is 5.91 Å². The predicted octanol–water partition coefficient (Wildman–Crippen LogP) is 3.37. The standard InChI is InChI=1S/C22H21N3O4/c1-14(15-5-3-2-4-6-15)23-22(26)18-10-17-12-27-21(11-25(17)24-18)16-7-8-19-20(9-16)29-13-28-19/h2-10,14,21H,11-13H2,1H3,(H,23,26)/t14-,21-/m0/s1. The first-order valence-electron chi connectivity index (χ1n) is 9.61. The highest BCUT2D eigenvalue weighted by Gasteiger charge is 2.26. The summed E-state index contributed by atoms with van der Waals surface area (Å²) in [7, 11) is 0. The van der Waals surface area contributed by atoms with Gasteiger partial charge in [0.05, 0.1) is 24.9 Å². The maximum Gasteiger partial charge on any atom is 0.272 e. The first kappa shape index (κ1) is 17.8. The molecule has 5 rings (SSSR count). The maximum absolute atomic E-state index is 12.7. The molecule has 3 aromatic rings. The van der Waals surface area contributed by atoms with Gasteiger partial charge in [-0.05, 0) is 36.2 Å². The Labute approximate surface area is 168 Å². The largest absolute Gasteiger partial charge is 0.454 e. The Morgan fingerprint density at radius 3 is 2.83 bits per heavy atom. The summed E-state index contributed by atoms with van der Waals surface area (Å²) in [6.45, 7) is 3.14. The minimum Gasteiger partial charge on any atom is -0.454 e. The molecule has 0 fully saturated rings. The Morgan fingerprint density at radius 2 is 1.97 bits per heavy atom. The third kappa shape index (κ3) is 3.45. The summed E-state index contributed by atoms with van der Waals surface area (Å²) in [5.41, 5.74) is 3.34. The fourth-order valence-electron chi connectivity index (χ4n) is 3.65. The Bertz CT molecular complexity index is 1050. The molecular weight excluding hydrogens is 370 g/mol. The molecule has 0 saturated carbocycles. The van der Waals surface area contributed by atoms with Crippen LogP contribution in [-0.2, 0) is 17.9 Å². The first-order chi connectivity index (χ1) is 14.2. The smallest absolute Gasteiger partial charge is 0.272 e. The summed E-state index contributed by atoms with van der Waals surface area (Å²) >= 11 is 0. The molecule has 29 heavy (non-hydrogen) atoms. The van der Waals surface area contributed by atoms with Crippen molar-refractivity contribution in [3.05, 3.63) is 77.1 Å². The number of hydrogen-bond acceptors (Lipinski definition) is 5. The van der Waals surface area contributed by atoms with E-state index in [1.807, 2.05) is 60.1 Å². The van der Waals surface area contributed by atoms with E-state index in [0.29, 0.717) is 18.8 Å². The van der Waals surface area contributed by atoms with Gasteiger partial charge in [-0.3, -0.25) is 9.48 Å². The molecule has 7 nitrogen and oxygen atoms in total. The van der Waals surface area contributed by atoms with Crippen molar-refractivity contribution < 1.29 is 19.0 Å². The Morgan fingerprint density at radius 1 is 1.14 bits per heavy atom. The summed E-state index contributed by atoms with van der Waals surface area (Å²) in [6, 6.07) is 17.4. The van der Waals surface area contributed by atoms with Crippen LogP contribution in [0.2, 0.25) is 0 Å². The van der Waals surface area contributed by atoms with Gasteiger partial charge in [-0.2, -0.15) is 5.10 Å². The van der Waals surface area contributed by atoms with Gasteiger partial charge in [0, 0.05) is 0 Å². The average molecular weight is 391 g/mol. The SMILES string of the molecule is C[C@H](NC(=O)c1cc2n(n1)C[C@@H](c1ccc3c(c1)OCO3)OC2)c1ccccc1. The first-order valence-corrected chi connectivity index (χ1v) is 9.61. The quantitative estimate of drug-likeness (QED) is 0.738. The number of nitrogens with zero attached hydrogens (tertiary/aromatic N) is 2. The Balaban J connectivity index is 1.30. The molecule has 0 spiro atoms. The molecule has 2 aromatic carbocycles. The summed E-state index contributed by atoms with van der Waals surface area (Å²) in [5.74, 6) is 1.28. The normalized spacial score (nSPS) is 18.2. The van der Waals surface area contributed by atoms with Crippen LogP contribution in [0, 0.1) is 0 Å². The molecule has 2 aliphatic heterocycles. The van der Waals surface area contributed by atoms with Crippen LogP contribution in [0.1, 0.15) is 46.4 Å². The van der Waals surface area contributed by atoms with E-state index in [2.05, 4.69) is 10.4 Å². The van der Waals surface area contributed by atoms with Crippen molar-refractivity contribution in [2.45, 2.75) is 32.2 Å². The summed E-state index contributed by atoms with van der Waals surface area (Å²) < 4.78 is 18.7. The van der Waals surface area contributed by atoms with Gasteiger partial charge >= 0.3 is 0 Å². The molecule has 7 heteroatoms. The molecule has 0 radical (unpaired) electrons. The average Bonchev–Trinajstić information content (AvgIpc) is 3.40. The highest BCUT2D eigenvalue weighted by Crippen LogP contribution is 2.36. The molecule has 0 saturated heterocycles. The molecule has 0 unspecified atom stereocenters. The van der Waals surface area contributed by atoms with Gasteiger partial charge in [0.2, 0.25) is 6.79 Å². The van der Waals surface area contributed by atoms with Crippen LogP contribution in [0.4, 0.5) is 0 Å². The second-order valence-electron chi connectivity index (χ2n) is 7.22. The van der Waals surface area contributed by atoms with Gasteiger partial charge < -0.3 is 19.5 Å². The molecule has 1 aromatic heterocycles. The number of amides is 1. The van der Waals surface area contributed by atoms with Crippen LogP contribution in [0.5, 0.6) is 11.5 Å². The lowest BCUT2D eigenvalue weighted by Gasteiger charge is -2.24. The van der Waals surface area contributed by atoms with Crippen molar-refractivity contribution in [2.24, 2.45) is 0 Å². The van der Waals surface area contributed by atoms with Crippen molar-refractivity contribution in [2.75, 3.05) is 6.79 Å². The number of carbonyl (C=O) groups excluding carboxylic acids is 1. The van der Waals surface area contributed by atoms with E-state index in [9.17, 15) is 4.79 Å². The monoisotopic (exact) mass is 391 g/mol. The Kier molecular flexibility index (Phi) is 4.44. The summed E-state index contributed by atoms with van der Waals surface area (Å²) in [5, 5.41) is 7.52. The number of nitrogens with one attached hydrogen (secondary N) is 1. The van der Waals surface area contributed by atoms with Crippen LogP contribution in [-0.4, -0.2) is 22.5 Å². The van der Waals surface area contributed by atoms with E-state index in [1.54, 1.807) is 6.07 Å². The van der Waals surface area contributed by atoms with E-state index in [4.69, 9.17) is 14.2 Å². The van der Waals surface area contributed by atoms with Gasteiger partial charge in [-0.25, -0.2) is 0 Å². The molecule has 1 amide bonds. The molecule has 0 aliphatic carbocycles. The number of fused-ring (bicyclic) bond motifs is 2. The van der Waals surface area contributed by atoms with Crippen molar-refractivity contribution in [1.29, 1.82) is 0 Å². The zero-order chi connectivity index (χ0) is 19.8. The topological polar surface area (TPSA) is 74.6 Å². The second kappa shape index (κ2) is 7.25. The second-order valence-corrected chi connectivity index (χ2v) is 7.22. The molecule has 1 N–H and O–H groups in total. The van der Waals surface area contributed by atoms with Gasteiger partial charge in [-0.15, -0.1) is 0 Å². The van der Waals surface area contributed by atoms with Crippen molar-refractivity contribution in [1.82, 2.24) is 15.1 Å².